The van der Waals surface area contributed by atoms with E-state index < -0.39 is 5.72 Å². The molecule has 1 N–H and O–H groups in total. The minimum atomic E-state index is -0.556. The molecule has 2 aromatic carbocycles. The van der Waals surface area contributed by atoms with Gasteiger partial charge in [0.25, 0.3) is 0 Å². The van der Waals surface area contributed by atoms with Gasteiger partial charge in [0.2, 0.25) is 0 Å². The zero-order chi connectivity index (χ0) is 17.6. The van der Waals surface area contributed by atoms with Crippen molar-refractivity contribution in [2.24, 2.45) is 0 Å². The summed E-state index contributed by atoms with van der Waals surface area (Å²) in [6, 6.07) is 14.4. The molecule has 1 fully saturated rings. The lowest BCUT2D eigenvalue weighted by atomic mass is 9.89. The van der Waals surface area contributed by atoms with E-state index in [1.807, 2.05) is 31.2 Å². The van der Waals surface area contributed by atoms with Gasteiger partial charge in [-0.25, -0.2) is 0 Å². The largest absolute Gasteiger partial charge is 0.490 e. The van der Waals surface area contributed by atoms with E-state index in [2.05, 4.69) is 42.3 Å². The molecule has 0 aliphatic carbocycles. The molecular weight excluding hydrogens is 332 g/mol. The summed E-state index contributed by atoms with van der Waals surface area (Å²) in [4.78, 5) is 2.10. The second-order valence-electron chi connectivity index (χ2n) is 6.71. The highest BCUT2D eigenvalue weighted by Crippen LogP contribution is 2.49. The SMILES string of the molecule is CCOc1cccc2c1O[C@@]1(C)C[C@H]2NC(=S)N1c1ccccc1C. The first kappa shape index (κ1) is 16.2. The molecule has 4 rings (SSSR count). The van der Waals surface area contributed by atoms with Gasteiger partial charge in [-0.1, -0.05) is 30.3 Å². The van der Waals surface area contributed by atoms with Crippen molar-refractivity contribution >= 4 is 23.0 Å². The smallest absolute Gasteiger partial charge is 0.188 e. The van der Waals surface area contributed by atoms with Crippen molar-refractivity contribution in [2.75, 3.05) is 11.5 Å². The van der Waals surface area contributed by atoms with Gasteiger partial charge in [0.1, 0.15) is 0 Å². The van der Waals surface area contributed by atoms with Crippen molar-refractivity contribution in [3.8, 4) is 11.5 Å². The number of ether oxygens (including phenoxy) is 2. The lowest BCUT2D eigenvalue weighted by Gasteiger charge is -2.52. The minimum Gasteiger partial charge on any atom is -0.490 e. The van der Waals surface area contributed by atoms with Gasteiger partial charge < -0.3 is 14.8 Å². The van der Waals surface area contributed by atoms with Crippen LogP contribution in [0.15, 0.2) is 42.5 Å². The summed E-state index contributed by atoms with van der Waals surface area (Å²) in [6.45, 7) is 6.79. The fourth-order valence-corrected chi connectivity index (χ4v) is 4.24. The minimum absolute atomic E-state index is 0.127. The number of nitrogens with one attached hydrogen (secondary N) is 1. The molecule has 1 saturated heterocycles. The standard InChI is InChI=1S/C20H22N2O2S/c1-4-23-17-11-7-9-14-15-12-20(3,24-18(14)17)22(19(25)21-15)16-10-6-5-8-13(16)2/h5-11,15H,4,12H2,1-3H3,(H,21,25)/t15-,20+/m1/s1. The van der Waals surface area contributed by atoms with Gasteiger partial charge in [-0.2, -0.15) is 0 Å². The van der Waals surface area contributed by atoms with Crippen molar-refractivity contribution in [2.45, 2.75) is 39.0 Å². The number of hydrogen-bond donors (Lipinski definition) is 1. The third-order valence-corrected chi connectivity index (χ3v) is 5.22. The number of para-hydroxylation sites is 2. The van der Waals surface area contributed by atoms with Crippen molar-refractivity contribution in [1.29, 1.82) is 0 Å². The molecule has 2 atom stereocenters. The lowest BCUT2D eigenvalue weighted by molar-refractivity contribution is 0.0456. The fourth-order valence-electron chi connectivity index (χ4n) is 3.81. The first-order valence-corrected chi connectivity index (χ1v) is 9.05. The topological polar surface area (TPSA) is 33.7 Å². The molecule has 4 nitrogen and oxygen atoms in total. The first-order chi connectivity index (χ1) is 12.0. The summed E-state index contributed by atoms with van der Waals surface area (Å²) >= 11 is 5.71. The van der Waals surface area contributed by atoms with Gasteiger partial charge in [-0.15, -0.1) is 0 Å². The number of hydrogen-bond acceptors (Lipinski definition) is 3. The molecule has 2 aromatic rings. The Morgan fingerprint density at radius 1 is 1.28 bits per heavy atom. The number of nitrogens with zero attached hydrogens (tertiary/aromatic N) is 1. The lowest BCUT2D eigenvalue weighted by Crippen LogP contribution is -2.65. The Kier molecular flexibility index (Phi) is 3.84. The van der Waals surface area contributed by atoms with Crippen LogP contribution in [0.1, 0.15) is 37.4 Å². The summed E-state index contributed by atoms with van der Waals surface area (Å²) < 4.78 is 12.3. The van der Waals surface area contributed by atoms with Gasteiger partial charge in [0, 0.05) is 17.7 Å². The first-order valence-electron chi connectivity index (χ1n) is 8.64. The normalized spacial score (nSPS) is 24.2. The highest BCUT2D eigenvalue weighted by molar-refractivity contribution is 7.80. The van der Waals surface area contributed by atoms with Crippen LogP contribution in [0.4, 0.5) is 5.69 Å². The Labute approximate surface area is 153 Å². The number of aryl methyl sites for hydroxylation is 1. The van der Waals surface area contributed by atoms with Crippen molar-refractivity contribution in [1.82, 2.24) is 5.32 Å². The van der Waals surface area contributed by atoms with E-state index in [-0.39, 0.29) is 6.04 Å². The molecule has 2 aliphatic rings. The average molecular weight is 354 g/mol. The Balaban J connectivity index is 1.82. The maximum Gasteiger partial charge on any atom is 0.188 e. The van der Waals surface area contributed by atoms with Crippen LogP contribution in [0.25, 0.3) is 0 Å². The van der Waals surface area contributed by atoms with E-state index in [4.69, 9.17) is 21.7 Å². The molecule has 0 radical (unpaired) electrons. The Morgan fingerprint density at radius 3 is 2.84 bits per heavy atom. The highest BCUT2D eigenvalue weighted by Gasteiger charge is 2.49. The third-order valence-electron chi connectivity index (χ3n) is 4.92. The molecule has 5 heteroatoms. The number of fused-ring (bicyclic) bond motifs is 4. The van der Waals surface area contributed by atoms with E-state index in [1.54, 1.807) is 0 Å². The Hall–Kier alpha value is -2.27. The Morgan fingerprint density at radius 2 is 2.08 bits per heavy atom. The van der Waals surface area contributed by atoms with Gasteiger partial charge in [-0.05, 0) is 50.7 Å². The van der Waals surface area contributed by atoms with Crippen LogP contribution >= 0.6 is 12.2 Å². The molecule has 0 unspecified atom stereocenters. The number of anilines is 1. The average Bonchev–Trinajstić information content (AvgIpc) is 2.57. The number of benzene rings is 2. The molecule has 130 valence electrons. The van der Waals surface area contributed by atoms with Gasteiger partial charge >= 0.3 is 0 Å². The van der Waals surface area contributed by atoms with Crippen LogP contribution < -0.4 is 19.7 Å². The van der Waals surface area contributed by atoms with E-state index in [9.17, 15) is 0 Å². The summed E-state index contributed by atoms with van der Waals surface area (Å²) in [5.74, 6) is 1.60. The molecule has 0 saturated carbocycles. The van der Waals surface area contributed by atoms with Crippen LogP contribution in [-0.2, 0) is 0 Å². The summed E-state index contributed by atoms with van der Waals surface area (Å²) in [6.07, 6.45) is 0.810. The molecule has 0 spiro atoms. The van der Waals surface area contributed by atoms with Gasteiger partial charge in [0.05, 0.1) is 12.6 Å². The number of rotatable bonds is 3. The van der Waals surface area contributed by atoms with Crippen molar-refractivity contribution in [3.63, 3.8) is 0 Å². The maximum atomic E-state index is 6.54. The molecule has 25 heavy (non-hydrogen) atoms. The fraction of sp³-hybridized carbons (Fsp3) is 0.350. The summed E-state index contributed by atoms with van der Waals surface area (Å²) in [7, 11) is 0. The van der Waals surface area contributed by atoms with Crippen molar-refractivity contribution in [3.05, 3.63) is 53.6 Å². The van der Waals surface area contributed by atoms with E-state index in [0.29, 0.717) is 11.7 Å². The predicted molar refractivity (Wildman–Crippen MR) is 103 cm³/mol. The molecule has 2 heterocycles. The van der Waals surface area contributed by atoms with Crippen LogP contribution in [0.2, 0.25) is 0 Å². The predicted octanol–water partition coefficient (Wildman–Crippen LogP) is 4.33. The van der Waals surface area contributed by atoms with Crippen LogP contribution in [0.3, 0.4) is 0 Å². The molecule has 0 amide bonds. The summed E-state index contributed by atoms with van der Waals surface area (Å²) in [5, 5.41) is 4.19. The monoisotopic (exact) mass is 354 g/mol. The van der Waals surface area contributed by atoms with Crippen LogP contribution in [-0.4, -0.2) is 17.4 Å². The molecule has 2 aliphatic heterocycles. The summed E-state index contributed by atoms with van der Waals surface area (Å²) in [5.41, 5.74) is 2.78. The van der Waals surface area contributed by atoms with Crippen LogP contribution in [0.5, 0.6) is 11.5 Å². The van der Waals surface area contributed by atoms with Gasteiger partial charge in [-0.3, -0.25) is 4.90 Å². The zero-order valence-corrected chi connectivity index (χ0v) is 15.5. The third kappa shape index (κ3) is 2.54. The second kappa shape index (κ2) is 5.92. The molecule has 2 bridgehead atoms. The van der Waals surface area contributed by atoms with E-state index >= 15 is 0 Å². The second-order valence-corrected chi connectivity index (χ2v) is 7.10. The Bertz CT molecular complexity index is 838. The molecule has 0 aromatic heterocycles. The quantitative estimate of drug-likeness (QED) is 0.830. The maximum absolute atomic E-state index is 6.54. The van der Waals surface area contributed by atoms with Gasteiger partial charge in [0.15, 0.2) is 22.3 Å². The number of thiocarbonyl (C=S) groups is 1. The zero-order valence-electron chi connectivity index (χ0n) is 14.7. The highest BCUT2D eigenvalue weighted by atomic mass is 32.1. The molecular formula is C20H22N2O2S. The van der Waals surface area contributed by atoms with Crippen LogP contribution in [0, 0.1) is 6.92 Å². The van der Waals surface area contributed by atoms with E-state index in [1.165, 1.54) is 5.56 Å². The van der Waals surface area contributed by atoms with E-state index in [0.717, 1.165) is 29.2 Å². The van der Waals surface area contributed by atoms with Crippen molar-refractivity contribution < 1.29 is 9.47 Å².